The van der Waals surface area contributed by atoms with Crippen molar-refractivity contribution in [2.24, 2.45) is 0 Å². The summed E-state index contributed by atoms with van der Waals surface area (Å²) in [5.41, 5.74) is 2.35. The minimum absolute atomic E-state index is 0.753. The molecule has 0 radical (unpaired) electrons. The van der Waals surface area contributed by atoms with Crippen molar-refractivity contribution >= 4 is 0 Å². The van der Waals surface area contributed by atoms with Gasteiger partial charge in [0.05, 0.1) is 11.4 Å². The molecule has 0 bridgehead atoms. The molecule has 3 heteroatoms. The first-order chi connectivity index (χ1) is 8.31. The topological polar surface area (TPSA) is 28.2 Å². The molecule has 17 heavy (non-hydrogen) atoms. The van der Waals surface area contributed by atoms with Crippen LogP contribution in [0.2, 0.25) is 0 Å². The van der Waals surface area contributed by atoms with E-state index in [1.54, 1.807) is 0 Å². The number of nitrogens with one attached hydrogen (secondary N) is 1. The lowest BCUT2D eigenvalue weighted by molar-refractivity contribution is 0.292. The molecular formula is C14H23N3. The highest BCUT2D eigenvalue weighted by atomic mass is 15.1. The predicted molar refractivity (Wildman–Crippen MR) is 70.7 cm³/mol. The zero-order valence-corrected chi connectivity index (χ0v) is 10.9. The normalized spacial score (nSPS) is 15.5. The van der Waals surface area contributed by atoms with E-state index < -0.39 is 0 Å². The monoisotopic (exact) mass is 233 g/mol. The molecule has 1 aromatic heterocycles. The van der Waals surface area contributed by atoms with Gasteiger partial charge >= 0.3 is 0 Å². The summed E-state index contributed by atoms with van der Waals surface area (Å²) in [6, 6.07) is 7.11. The smallest absolute Gasteiger partial charge is 0.0547 e. The van der Waals surface area contributed by atoms with E-state index in [-0.39, 0.29) is 0 Å². The molecule has 1 saturated carbocycles. The van der Waals surface area contributed by atoms with Gasteiger partial charge in [0.15, 0.2) is 0 Å². The highest BCUT2D eigenvalue weighted by molar-refractivity contribution is 5.11. The van der Waals surface area contributed by atoms with Crippen LogP contribution in [0.25, 0.3) is 0 Å². The lowest BCUT2D eigenvalue weighted by Crippen LogP contribution is -2.23. The van der Waals surface area contributed by atoms with Crippen LogP contribution < -0.4 is 5.32 Å². The van der Waals surface area contributed by atoms with Crippen LogP contribution in [-0.2, 0) is 13.1 Å². The zero-order chi connectivity index (χ0) is 12.1. The molecule has 0 saturated heterocycles. The van der Waals surface area contributed by atoms with Crippen molar-refractivity contribution < 1.29 is 0 Å². The minimum Gasteiger partial charge on any atom is -0.308 e. The van der Waals surface area contributed by atoms with Gasteiger partial charge in [-0.05, 0) is 38.1 Å². The molecule has 0 aliphatic heterocycles. The predicted octanol–water partition coefficient (Wildman–Crippen LogP) is 2.18. The summed E-state index contributed by atoms with van der Waals surface area (Å²) in [7, 11) is 0. The van der Waals surface area contributed by atoms with Crippen molar-refractivity contribution in [3.8, 4) is 0 Å². The summed E-state index contributed by atoms with van der Waals surface area (Å²) in [6.07, 6.45) is 2.66. The SMILES string of the molecule is CCN(CC)Cc1cccc(CNC2CC2)n1. The molecule has 1 fully saturated rings. The molecule has 0 spiro atoms. The molecule has 0 amide bonds. The number of aromatic nitrogens is 1. The Hall–Kier alpha value is -0.930. The third-order valence-corrected chi connectivity index (χ3v) is 3.29. The fourth-order valence-corrected chi connectivity index (χ4v) is 1.93. The average Bonchev–Trinajstić information content (AvgIpc) is 3.18. The summed E-state index contributed by atoms with van der Waals surface area (Å²) in [6.45, 7) is 8.44. The van der Waals surface area contributed by atoms with Crippen LogP contribution in [0, 0.1) is 0 Å². The van der Waals surface area contributed by atoms with Crippen LogP contribution in [0.15, 0.2) is 18.2 Å². The van der Waals surface area contributed by atoms with Gasteiger partial charge in [0.2, 0.25) is 0 Å². The van der Waals surface area contributed by atoms with Gasteiger partial charge in [-0.2, -0.15) is 0 Å². The van der Waals surface area contributed by atoms with Gasteiger partial charge < -0.3 is 5.32 Å². The summed E-state index contributed by atoms with van der Waals surface area (Å²) >= 11 is 0. The molecule has 0 aromatic carbocycles. The van der Waals surface area contributed by atoms with Gasteiger partial charge in [0, 0.05) is 19.1 Å². The third kappa shape index (κ3) is 4.10. The van der Waals surface area contributed by atoms with Crippen LogP contribution in [0.3, 0.4) is 0 Å². The van der Waals surface area contributed by atoms with E-state index in [0.717, 1.165) is 32.2 Å². The van der Waals surface area contributed by atoms with Gasteiger partial charge in [-0.25, -0.2) is 0 Å². The van der Waals surface area contributed by atoms with E-state index in [2.05, 4.69) is 42.3 Å². The highest BCUT2D eigenvalue weighted by Crippen LogP contribution is 2.19. The molecule has 3 nitrogen and oxygen atoms in total. The van der Waals surface area contributed by atoms with Crippen molar-refractivity contribution in [1.29, 1.82) is 0 Å². The Kier molecular flexibility index (Phi) is 4.51. The number of rotatable bonds is 7. The Morgan fingerprint density at radius 2 is 1.94 bits per heavy atom. The maximum absolute atomic E-state index is 4.70. The quantitative estimate of drug-likeness (QED) is 0.782. The Labute approximate surface area is 104 Å². The maximum atomic E-state index is 4.70. The Morgan fingerprint density at radius 1 is 1.24 bits per heavy atom. The standard InChI is InChI=1S/C14H23N3/c1-3-17(4-2)11-14-7-5-6-13(16-14)10-15-12-8-9-12/h5-7,12,15H,3-4,8-11H2,1-2H3. The second-order valence-electron chi connectivity index (χ2n) is 4.74. The van der Waals surface area contributed by atoms with E-state index in [9.17, 15) is 0 Å². The first-order valence-corrected chi connectivity index (χ1v) is 6.72. The van der Waals surface area contributed by atoms with Gasteiger partial charge in [0.25, 0.3) is 0 Å². The molecule has 2 rings (SSSR count). The fourth-order valence-electron chi connectivity index (χ4n) is 1.93. The van der Waals surface area contributed by atoms with E-state index >= 15 is 0 Å². The van der Waals surface area contributed by atoms with Crippen LogP contribution in [0.5, 0.6) is 0 Å². The molecule has 1 heterocycles. The van der Waals surface area contributed by atoms with Crippen molar-refractivity contribution in [1.82, 2.24) is 15.2 Å². The molecule has 1 aliphatic carbocycles. The lowest BCUT2D eigenvalue weighted by Gasteiger charge is -2.17. The first kappa shape index (κ1) is 12.5. The number of nitrogens with zero attached hydrogens (tertiary/aromatic N) is 2. The van der Waals surface area contributed by atoms with E-state index in [1.165, 1.54) is 24.2 Å². The molecule has 0 unspecified atom stereocenters. The third-order valence-electron chi connectivity index (χ3n) is 3.29. The molecular weight excluding hydrogens is 210 g/mol. The van der Waals surface area contributed by atoms with Crippen molar-refractivity contribution in [2.45, 2.75) is 45.8 Å². The molecule has 1 N–H and O–H groups in total. The first-order valence-electron chi connectivity index (χ1n) is 6.72. The van der Waals surface area contributed by atoms with Crippen molar-refractivity contribution in [2.75, 3.05) is 13.1 Å². The highest BCUT2D eigenvalue weighted by Gasteiger charge is 2.20. The van der Waals surface area contributed by atoms with Gasteiger partial charge in [-0.3, -0.25) is 9.88 Å². The van der Waals surface area contributed by atoms with Crippen molar-refractivity contribution in [3.63, 3.8) is 0 Å². The number of hydrogen-bond donors (Lipinski definition) is 1. The van der Waals surface area contributed by atoms with E-state index in [4.69, 9.17) is 4.98 Å². The average molecular weight is 233 g/mol. The fraction of sp³-hybridized carbons (Fsp3) is 0.643. The number of hydrogen-bond acceptors (Lipinski definition) is 3. The van der Waals surface area contributed by atoms with Gasteiger partial charge in [-0.1, -0.05) is 19.9 Å². The molecule has 94 valence electrons. The second kappa shape index (κ2) is 6.12. The summed E-state index contributed by atoms with van der Waals surface area (Å²) in [5.74, 6) is 0. The Morgan fingerprint density at radius 3 is 2.59 bits per heavy atom. The molecule has 1 aliphatic rings. The Balaban J connectivity index is 1.89. The van der Waals surface area contributed by atoms with Crippen LogP contribution in [0.1, 0.15) is 38.1 Å². The van der Waals surface area contributed by atoms with Gasteiger partial charge in [0.1, 0.15) is 0 Å². The summed E-state index contributed by atoms with van der Waals surface area (Å²) < 4.78 is 0. The Bertz CT molecular complexity index is 343. The van der Waals surface area contributed by atoms with E-state index in [1.807, 2.05) is 0 Å². The molecule has 0 atom stereocenters. The van der Waals surface area contributed by atoms with Gasteiger partial charge in [-0.15, -0.1) is 0 Å². The summed E-state index contributed by atoms with van der Waals surface area (Å²) in [4.78, 5) is 7.09. The zero-order valence-electron chi connectivity index (χ0n) is 10.9. The largest absolute Gasteiger partial charge is 0.308 e. The maximum Gasteiger partial charge on any atom is 0.0547 e. The second-order valence-corrected chi connectivity index (χ2v) is 4.74. The van der Waals surface area contributed by atoms with Crippen LogP contribution in [0.4, 0.5) is 0 Å². The van der Waals surface area contributed by atoms with E-state index in [0.29, 0.717) is 0 Å². The minimum atomic E-state index is 0.753. The summed E-state index contributed by atoms with van der Waals surface area (Å²) in [5, 5.41) is 3.51. The lowest BCUT2D eigenvalue weighted by atomic mass is 10.2. The van der Waals surface area contributed by atoms with Crippen LogP contribution in [-0.4, -0.2) is 29.0 Å². The van der Waals surface area contributed by atoms with Crippen LogP contribution >= 0.6 is 0 Å². The number of pyridine rings is 1. The molecule has 1 aromatic rings. The van der Waals surface area contributed by atoms with Crippen molar-refractivity contribution in [3.05, 3.63) is 29.6 Å².